The Morgan fingerprint density at radius 3 is 2.48 bits per heavy atom. The Bertz CT molecular complexity index is 421. The number of aliphatic hydroxyl groups excluding tert-OH is 1. The first-order chi connectivity index (χ1) is 9.90. The smallest absolute Gasteiger partial charge is 0.0945 e. The van der Waals surface area contributed by atoms with Gasteiger partial charge in [0.2, 0.25) is 0 Å². The molecule has 1 rings (SSSR count). The quantitative estimate of drug-likeness (QED) is 0.576. The van der Waals surface area contributed by atoms with E-state index in [2.05, 4.69) is 35.1 Å². The normalized spacial score (nSPS) is 12.7. The third-order valence-electron chi connectivity index (χ3n) is 2.90. The van der Waals surface area contributed by atoms with E-state index in [4.69, 9.17) is 27.9 Å². The van der Waals surface area contributed by atoms with Crippen molar-refractivity contribution in [3.63, 3.8) is 0 Å². The Balaban J connectivity index is 2.29. The van der Waals surface area contributed by atoms with Crippen LogP contribution in [0, 0.1) is 5.92 Å². The van der Waals surface area contributed by atoms with Crippen LogP contribution in [0.15, 0.2) is 16.6 Å². The number of ether oxygens (including phenoxy) is 1. The lowest BCUT2D eigenvalue weighted by Crippen LogP contribution is -2.25. The summed E-state index contributed by atoms with van der Waals surface area (Å²) >= 11 is 15.5. The lowest BCUT2D eigenvalue weighted by Gasteiger charge is -2.15. The molecule has 1 unspecified atom stereocenters. The molecule has 0 radical (unpaired) electrons. The predicted molar refractivity (Wildman–Crippen MR) is 93.5 cm³/mol. The van der Waals surface area contributed by atoms with Gasteiger partial charge >= 0.3 is 0 Å². The zero-order valence-electron chi connectivity index (χ0n) is 12.3. The fourth-order valence-corrected chi connectivity index (χ4v) is 3.15. The molecule has 0 amide bonds. The van der Waals surface area contributed by atoms with Gasteiger partial charge in [-0.1, -0.05) is 53.0 Å². The minimum Gasteiger partial charge on any atom is -0.389 e. The third kappa shape index (κ3) is 7.71. The van der Waals surface area contributed by atoms with Gasteiger partial charge in [-0.3, -0.25) is 0 Å². The molecule has 1 aromatic carbocycles. The van der Waals surface area contributed by atoms with Gasteiger partial charge in [-0.15, -0.1) is 0 Å². The first-order valence-electron chi connectivity index (χ1n) is 7.04. The van der Waals surface area contributed by atoms with Gasteiger partial charge in [0.15, 0.2) is 0 Å². The fourth-order valence-electron chi connectivity index (χ4n) is 1.80. The highest BCUT2D eigenvalue weighted by atomic mass is 79.9. The Morgan fingerprint density at radius 1 is 1.29 bits per heavy atom. The summed E-state index contributed by atoms with van der Waals surface area (Å²) in [5.41, 5.74) is 0.625. The SMILES string of the molecule is CC(C)CCCOCC(O)CNc1c(Cl)cc(Br)cc1Cl. The predicted octanol–water partition coefficient (Wildman–Crippen LogP) is 4.98. The maximum absolute atomic E-state index is 9.87. The first-order valence-corrected chi connectivity index (χ1v) is 8.59. The third-order valence-corrected chi connectivity index (χ3v) is 3.96. The second-order valence-electron chi connectivity index (χ2n) is 5.39. The molecule has 0 aliphatic heterocycles. The molecule has 0 saturated carbocycles. The molecule has 3 nitrogen and oxygen atoms in total. The van der Waals surface area contributed by atoms with Gasteiger partial charge in [0, 0.05) is 17.6 Å². The molecule has 0 saturated heterocycles. The van der Waals surface area contributed by atoms with E-state index in [-0.39, 0.29) is 0 Å². The average molecular weight is 399 g/mol. The molecule has 0 spiro atoms. The second kappa shape index (κ2) is 9.90. The van der Waals surface area contributed by atoms with E-state index in [9.17, 15) is 5.11 Å². The number of hydrogen-bond donors (Lipinski definition) is 2. The number of rotatable bonds is 9. The van der Waals surface area contributed by atoms with E-state index in [1.165, 1.54) is 0 Å². The van der Waals surface area contributed by atoms with E-state index in [1.807, 2.05) is 0 Å². The zero-order chi connectivity index (χ0) is 15.8. The van der Waals surface area contributed by atoms with Crippen LogP contribution < -0.4 is 5.32 Å². The van der Waals surface area contributed by atoms with Crippen LogP contribution in [0.2, 0.25) is 10.0 Å². The molecule has 1 atom stereocenters. The van der Waals surface area contributed by atoms with Crippen molar-refractivity contribution < 1.29 is 9.84 Å². The second-order valence-corrected chi connectivity index (χ2v) is 7.12. The Morgan fingerprint density at radius 2 is 1.90 bits per heavy atom. The van der Waals surface area contributed by atoms with Crippen molar-refractivity contribution in [1.29, 1.82) is 0 Å². The van der Waals surface area contributed by atoms with Gasteiger partial charge in [-0.2, -0.15) is 0 Å². The molecule has 0 aliphatic rings. The number of hydrogen-bond acceptors (Lipinski definition) is 3. The molecule has 0 heterocycles. The maximum atomic E-state index is 9.87. The van der Waals surface area contributed by atoms with Crippen LogP contribution in [0.3, 0.4) is 0 Å². The van der Waals surface area contributed by atoms with Gasteiger partial charge in [-0.05, 0) is 30.9 Å². The minimum atomic E-state index is -0.597. The van der Waals surface area contributed by atoms with Crippen molar-refractivity contribution in [1.82, 2.24) is 0 Å². The van der Waals surface area contributed by atoms with Crippen molar-refractivity contribution in [2.24, 2.45) is 5.92 Å². The number of halogens is 3. The lowest BCUT2D eigenvalue weighted by atomic mass is 10.1. The van der Waals surface area contributed by atoms with E-state index in [1.54, 1.807) is 12.1 Å². The molecule has 0 fully saturated rings. The van der Waals surface area contributed by atoms with Gasteiger partial charge in [0.05, 0.1) is 28.4 Å². The number of benzene rings is 1. The zero-order valence-corrected chi connectivity index (χ0v) is 15.4. The van der Waals surface area contributed by atoms with Crippen molar-refractivity contribution >= 4 is 44.8 Å². The van der Waals surface area contributed by atoms with Crippen molar-refractivity contribution in [3.05, 3.63) is 26.7 Å². The monoisotopic (exact) mass is 397 g/mol. The van der Waals surface area contributed by atoms with Crippen LogP contribution in [0.5, 0.6) is 0 Å². The highest BCUT2D eigenvalue weighted by Gasteiger charge is 2.10. The van der Waals surface area contributed by atoms with E-state index in [0.717, 1.165) is 17.3 Å². The highest BCUT2D eigenvalue weighted by Crippen LogP contribution is 2.33. The van der Waals surface area contributed by atoms with Crippen molar-refractivity contribution in [2.75, 3.05) is 25.1 Å². The Labute approximate surface area is 145 Å². The standard InChI is InChI=1S/C15H22BrCl2NO2/c1-10(2)4-3-5-21-9-12(20)8-19-15-13(17)6-11(16)7-14(15)18/h6-7,10,12,19-20H,3-5,8-9H2,1-2H3. The molecule has 1 aromatic rings. The summed E-state index contributed by atoms with van der Waals surface area (Å²) in [5.74, 6) is 0.682. The largest absolute Gasteiger partial charge is 0.389 e. The summed E-state index contributed by atoms with van der Waals surface area (Å²) in [7, 11) is 0. The lowest BCUT2D eigenvalue weighted by molar-refractivity contribution is 0.0409. The van der Waals surface area contributed by atoms with Crippen LogP contribution in [-0.4, -0.2) is 31.0 Å². The topological polar surface area (TPSA) is 41.5 Å². The average Bonchev–Trinajstić information content (AvgIpc) is 2.36. The van der Waals surface area contributed by atoms with E-state index in [0.29, 0.717) is 41.4 Å². The van der Waals surface area contributed by atoms with Gasteiger partial charge in [0.25, 0.3) is 0 Å². The molecule has 0 bridgehead atoms. The van der Waals surface area contributed by atoms with Gasteiger partial charge in [-0.25, -0.2) is 0 Å². The summed E-state index contributed by atoms with van der Waals surface area (Å²) in [5, 5.41) is 14.0. The Kier molecular flexibility index (Phi) is 8.98. The van der Waals surface area contributed by atoms with Crippen molar-refractivity contribution in [2.45, 2.75) is 32.8 Å². The fraction of sp³-hybridized carbons (Fsp3) is 0.600. The Hall–Kier alpha value is -0.0000000000000000555. The molecule has 0 aromatic heterocycles. The van der Waals surface area contributed by atoms with Crippen LogP contribution in [-0.2, 0) is 4.74 Å². The van der Waals surface area contributed by atoms with E-state index >= 15 is 0 Å². The number of anilines is 1. The number of aliphatic hydroxyl groups is 1. The molecule has 0 aliphatic carbocycles. The van der Waals surface area contributed by atoms with Crippen LogP contribution in [0.4, 0.5) is 5.69 Å². The summed E-state index contributed by atoms with van der Waals surface area (Å²) < 4.78 is 6.27. The summed E-state index contributed by atoms with van der Waals surface area (Å²) in [6.07, 6.45) is 1.56. The van der Waals surface area contributed by atoms with Gasteiger partial charge < -0.3 is 15.2 Å². The molecule has 6 heteroatoms. The summed E-state index contributed by atoms with van der Waals surface area (Å²) in [6.45, 7) is 5.69. The molecule has 2 N–H and O–H groups in total. The molecule has 120 valence electrons. The van der Waals surface area contributed by atoms with Gasteiger partial charge in [0.1, 0.15) is 0 Å². The molecular weight excluding hydrogens is 377 g/mol. The highest BCUT2D eigenvalue weighted by molar-refractivity contribution is 9.10. The minimum absolute atomic E-state index is 0.302. The van der Waals surface area contributed by atoms with Crippen LogP contribution >= 0.6 is 39.1 Å². The summed E-state index contributed by atoms with van der Waals surface area (Å²) in [4.78, 5) is 0. The summed E-state index contributed by atoms with van der Waals surface area (Å²) in [6, 6.07) is 3.51. The molecular formula is C15H22BrCl2NO2. The number of nitrogens with one attached hydrogen (secondary N) is 1. The van der Waals surface area contributed by atoms with Crippen LogP contribution in [0.25, 0.3) is 0 Å². The van der Waals surface area contributed by atoms with E-state index < -0.39 is 6.10 Å². The van der Waals surface area contributed by atoms with Crippen molar-refractivity contribution in [3.8, 4) is 0 Å². The maximum Gasteiger partial charge on any atom is 0.0945 e. The van der Waals surface area contributed by atoms with Crippen LogP contribution in [0.1, 0.15) is 26.7 Å². The molecule has 21 heavy (non-hydrogen) atoms. The first kappa shape index (κ1) is 19.0.